The van der Waals surface area contributed by atoms with E-state index in [-0.39, 0.29) is 17.5 Å². The molecule has 1 saturated heterocycles. The zero-order valence-corrected chi connectivity index (χ0v) is 8.24. The summed E-state index contributed by atoms with van der Waals surface area (Å²) in [4.78, 5) is 12.9. The summed E-state index contributed by atoms with van der Waals surface area (Å²) in [5, 5.41) is -0.333. The fraction of sp³-hybridized carbons (Fsp3) is 0.500. The molecule has 0 spiro atoms. The van der Waals surface area contributed by atoms with Gasteiger partial charge in [0.1, 0.15) is 0 Å². The van der Waals surface area contributed by atoms with Crippen LogP contribution in [-0.2, 0) is 0 Å². The van der Waals surface area contributed by atoms with E-state index in [9.17, 15) is 4.79 Å². The minimum atomic E-state index is -0.333. The summed E-state index contributed by atoms with van der Waals surface area (Å²) in [7, 11) is 0. The van der Waals surface area contributed by atoms with Crippen LogP contribution in [-0.4, -0.2) is 22.3 Å². The van der Waals surface area contributed by atoms with Crippen molar-refractivity contribution in [1.29, 1.82) is 0 Å². The summed E-state index contributed by atoms with van der Waals surface area (Å²) < 4.78 is 0. The lowest BCUT2D eigenvalue weighted by Gasteiger charge is -2.26. The van der Waals surface area contributed by atoms with Crippen LogP contribution >= 0.6 is 11.6 Å². The first-order valence-electron chi connectivity index (χ1n) is 4.53. The molecular formula is C10H12ClNO. The van der Waals surface area contributed by atoms with Crippen molar-refractivity contribution in [2.75, 3.05) is 0 Å². The molecule has 0 N–H and O–H groups in total. The Morgan fingerprint density at radius 1 is 1.46 bits per heavy atom. The molecule has 1 fully saturated rings. The van der Waals surface area contributed by atoms with E-state index >= 15 is 0 Å². The molecule has 0 radical (unpaired) electrons. The Kier molecular flexibility index (Phi) is 2.16. The minimum absolute atomic E-state index is 0.185. The average Bonchev–Trinajstić information content (AvgIpc) is 2.39. The molecule has 13 heavy (non-hydrogen) atoms. The quantitative estimate of drug-likeness (QED) is 0.432. The van der Waals surface area contributed by atoms with E-state index in [0.717, 1.165) is 6.42 Å². The van der Waals surface area contributed by atoms with Gasteiger partial charge in [0.2, 0.25) is 0 Å². The molecule has 0 aromatic carbocycles. The van der Waals surface area contributed by atoms with Gasteiger partial charge in [-0.05, 0) is 24.9 Å². The molecule has 70 valence electrons. The third-order valence-corrected chi connectivity index (χ3v) is 3.02. The van der Waals surface area contributed by atoms with E-state index in [0.29, 0.717) is 5.92 Å². The van der Waals surface area contributed by atoms with Gasteiger partial charge in [0, 0.05) is 12.0 Å². The maximum absolute atomic E-state index is 11.1. The highest BCUT2D eigenvalue weighted by Gasteiger charge is 2.38. The van der Waals surface area contributed by atoms with E-state index in [1.165, 1.54) is 0 Å². The van der Waals surface area contributed by atoms with E-state index in [1.54, 1.807) is 4.90 Å². The summed E-state index contributed by atoms with van der Waals surface area (Å²) >= 11 is 5.53. The zero-order valence-electron chi connectivity index (χ0n) is 7.48. The predicted molar refractivity (Wildman–Crippen MR) is 52.7 cm³/mol. The average molecular weight is 198 g/mol. The molecule has 0 aromatic heterocycles. The van der Waals surface area contributed by atoms with Crippen molar-refractivity contribution in [2.24, 2.45) is 5.92 Å². The molecular weight excluding hydrogens is 186 g/mol. The summed E-state index contributed by atoms with van der Waals surface area (Å²) in [6.45, 7) is 2.04. The summed E-state index contributed by atoms with van der Waals surface area (Å²) in [5.41, 5.74) is 0. The molecule has 1 aliphatic carbocycles. The van der Waals surface area contributed by atoms with Crippen LogP contribution in [0.2, 0.25) is 0 Å². The van der Waals surface area contributed by atoms with Crippen molar-refractivity contribution in [1.82, 2.24) is 4.90 Å². The molecule has 1 heterocycles. The zero-order chi connectivity index (χ0) is 9.42. The lowest BCUT2D eigenvalue weighted by molar-refractivity contribution is 0.208. The largest absolute Gasteiger partial charge is 0.319 e. The van der Waals surface area contributed by atoms with Gasteiger partial charge in [-0.3, -0.25) is 4.79 Å². The fourth-order valence-corrected chi connectivity index (χ4v) is 2.53. The number of nitrogens with zero attached hydrogens (tertiary/aromatic N) is 1. The van der Waals surface area contributed by atoms with Gasteiger partial charge in [-0.1, -0.05) is 24.3 Å². The first-order valence-corrected chi connectivity index (χ1v) is 4.90. The number of halogens is 1. The van der Waals surface area contributed by atoms with Gasteiger partial charge in [-0.2, -0.15) is 0 Å². The van der Waals surface area contributed by atoms with Gasteiger partial charge >= 0.3 is 5.37 Å². The summed E-state index contributed by atoms with van der Waals surface area (Å²) in [6, 6.07) is 0.442. The molecule has 0 bridgehead atoms. The number of allylic oxidation sites excluding steroid dienone is 2. The van der Waals surface area contributed by atoms with Crippen molar-refractivity contribution < 1.29 is 4.79 Å². The molecule has 3 atom stereocenters. The normalized spacial score (nSPS) is 36.5. The van der Waals surface area contributed by atoms with Gasteiger partial charge in [0.15, 0.2) is 0 Å². The standard InChI is InChI=1S/C10H12ClNO/c1-7-6-8-4-2-3-5-9(8)12(7)10(11)13/h2-5,7-9H,6H2,1H3. The summed E-state index contributed by atoms with van der Waals surface area (Å²) in [5.74, 6) is 0.461. The third-order valence-electron chi connectivity index (χ3n) is 2.83. The van der Waals surface area contributed by atoms with Crippen LogP contribution in [0, 0.1) is 5.92 Å². The molecule has 3 heteroatoms. The maximum atomic E-state index is 11.1. The van der Waals surface area contributed by atoms with Crippen LogP contribution in [0.3, 0.4) is 0 Å². The van der Waals surface area contributed by atoms with Crippen LogP contribution in [0.5, 0.6) is 0 Å². The van der Waals surface area contributed by atoms with Gasteiger partial charge in [-0.25, -0.2) is 0 Å². The monoisotopic (exact) mass is 197 g/mol. The van der Waals surface area contributed by atoms with Gasteiger partial charge in [0.25, 0.3) is 0 Å². The molecule has 1 aliphatic heterocycles. The predicted octanol–water partition coefficient (Wildman–Crippen LogP) is 2.55. The Bertz CT molecular complexity index is 285. The number of hydrogen-bond acceptors (Lipinski definition) is 1. The van der Waals surface area contributed by atoms with E-state index in [4.69, 9.17) is 11.6 Å². The molecule has 2 aliphatic rings. The third kappa shape index (κ3) is 1.39. The summed E-state index contributed by atoms with van der Waals surface area (Å²) in [6.07, 6.45) is 9.24. The van der Waals surface area contributed by atoms with Crippen molar-refractivity contribution in [2.45, 2.75) is 25.4 Å². The number of carbonyl (C=O) groups is 1. The van der Waals surface area contributed by atoms with Gasteiger partial charge in [-0.15, -0.1) is 0 Å². The Balaban J connectivity index is 2.25. The van der Waals surface area contributed by atoms with Crippen LogP contribution in [0.1, 0.15) is 13.3 Å². The Labute approximate surface area is 82.9 Å². The fourth-order valence-electron chi connectivity index (χ4n) is 2.25. The second-order valence-electron chi connectivity index (χ2n) is 3.67. The van der Waals surface area contributed by atoms with Crippen LogP contribution < -0.4 is 0 Å². The first kappa shape index (κ1) is 8.82. The topological polar surface area (TPSA) is 20.3 Å². The second kappa shape index (κ2) is 3.18. The van der Waals surface area contributed by atoms with Gasteiger partial charge in [0.05, 0.1) is 6.04 Å². The highest BCUT2D eigenvalue weighted by molar-refractivity contribution is 6.62. The Hall–Kier alpha value is -0.760. The highest BCUT2D eigenvalue weighted by atomic mass is 35.5. The SMILES string of the molecule is CC1CC2C=CC=CC2N1C(=O)Cl. The number of carbonyl (C=O) groups excluding carboxylic acids is 1. The molecule has 3 unspecified atom stereocenters. The van der Waals surface area contributed by atoms with Crippen LogP contribution in [0.4, 0.5) is 4.79 Å². The number of likely N-dealkylation sites (tertiary alicyclic amines) is 1. The second-order valence-corrected chi connectivity index (χ2v) is 3.99. The first-order chi connectivity index (χ1) is 6.20. The maximum Gasteiger partial charge on any atom is 0.317 e. The minimum Gasteiger partial charge on any atom is -0.319 e. The number of fused-ring (bicyclic) bond motifs is 1. The Morgan fingerprint density at radius 2 is 2.15 bits per heavy atom. The molecule has 1 amide bonds. The van der Waals surface area contributed by atoms with E-state index in [2.05, 4.69) is 12.2 Å². The van der Waals surface area contributed by atoms with Crippen molar-refractivity contribution in [3.8, 4) is 0 Å². The number of rotatable bonds is 0. The van der Waals surface area contributed by atoms with E-state index in [1.807, 2.05) is 19.1 Å². The molecule has 0 saturated carbocycles. The smallest absolute Gasteiger partial charge is 0.317 e. The molecule has 2 rings (SSSR count). The van der Waals surface area contributed by atoms with E-state index < -0.39 is 0 Å². The van der Waals surface area contributed by atoms with Crippen LogP contribution in [0.15, 0.2) is 24.3 Å². The Morgan fingerprint density at radius 3 is 2.85 bits per heavy atom. The number of hydrogen-bond donors (Lipinski definition) is 0. The molecule has 2 nitrogen and oxygen atoms in total. The van der Waals surface area contributed by atoms with Crippen molar-refractivity contribution in [3.63, 3.8) is 0 Å². The van der Waals surface area contributed by atoms with Crippen LogP contribution in [0.25, 0.3) is 0 Å². The molecule has 0 aromatic rings. The lowest BCUT2D eigenvalue weighted by Crippen LogP contribution is -2.37. The highest BCUT2D eigenvalue weighted by Crippen LogP contribution is 2.34. The lowest BCUT2D eigenvalue weighted by atomic mass is 9.95. The number of amides is 1. The van der Waals surface area contributed by atoms with Gasteiger partial charge < -0.3 is 4.90 Å². The van der Waals surface area contributed by atoms with Crippen molar-refractivity contribution >= 4 is 17.0 Å². The van der Waals surface area contributed by atoms with Crippen molar-refractivity contribution in [3.05, 3.63) is 24.3 Å².